The monoisotopic (exact) mass is 315 g/mol. The maximum atomic E-state index is 5.53. The molecule has 20 heavy (non-hydrogen) atoms. The van der Waals surface area contributed by atoms with Crippen molar-refractivity contribution in [2.75, 3.05) is 6.54 Å². The van der Waals surface area contributed by atoms with Crippen molar-refractivity contribution in [1.82, 2.24) is 19.9 Å². The molecule has 0 bridgehead atoms. The maximum absolute atomic E-state index is 5.53. The minimum atomic E-state index is 0. The predicted molar refractivity (Wildman–Crippen MR) is 79.0 cm³/mol. The van der Waals surface area contributed by atoms with E-state index in [9.17, 15) is 0 Å². The van der Waals surface area contributed by atoms with Gasteiger partial charge in [-0.05, 0) is 19.4 Å². The molecular formula is C12H18ClN5OS. The van der Waals surface area contributed by atoms with E-state index in [0.717, 1.165) is 34.6 Å². The first-order valence-electron chi connectivity index (χ1n) is 6.44. The number of nitrogens with two attached hydrogens (primary N) is 1. The number of halogens is 1. The van der Waals surface area contributed by atoms with Crippen molar-refractivity contribution in [2.24, 2.45) is 12.8 Å². The number of rotatable bonds is 6. The van der Waals surface area contributed by atoms with Gasteiger partial charge in [0.15, 0.2) is 5.16 Å². The summed E-state index contributed by atoms with van der Waals surface area (Å²) in [6, 6.07) is 2.06. The molecule has 2 N–H and O–H groups in total. The molecule has 0 aromatic carbocycles. The lowest BCUT2D eigenvalue weighted by atomic mass is 10.3. The van der Waals surface area contributed by atoms with Crippen LogP contribution in [0.25, 0.3) is 0 Å². The van der Waals surface area contributed by atoms with Crippen molar-refractivity contribution in [2.45, 2.75) is 36.1 Å². The number of thioether (sulfide) groups is 1. The van der Waals surface area contributed by atoms with Gasteiger partial charge in [-0.3, -0.25) is 0 Å². The summed E-state index contributed by atoms with van der Waals surface area (Å²) in [5.74, 6) is 3.31. The normalized spacial score (nSPS) is 14.3. The summed E-state index contributed by atoms with van der Waals surface area (Å²) in [5.41, 5.74) is 6.50. The average Bonchev–Trinajstić information content (AvgIpc) is 3.06. The Labute approximate surface area is 127 Å². The van der Waals surface area contributed by atoms with Crippen LogP contribution in [0.4, 0.5) is 0 Å². The molecule has 0 spiro atoms. The van der Waals surface area contributed by atoms with Crippen LogP contribution in [-0.2, 0) is 19.2 Å². The molecule has 0 radical (unpaired) electrons. The highest BCUT2D eigenvalue weighted by Crippen LogP contribution is 2.40. The Kier molecular flexibility index (Phi) is 5.06. The lowest BCUT2D eigenvalue weighted by molar-refractivity contribution is 0.380. The predicted octanol–water partition coefficient (Wildman–Crippen LogP) is 1.90. The van der Waals surface area contributed by atoms with Crippen molar-refractivity contribution in [3.8, 4) is 0 Å². The van der Waals surface area contributed by atoms with E-state index in [1.54, 1.807) is 11.8 Å². The molecule has 0 amide bonds. The molecule has 1 saturated carbocycles. The maximum Gasteiger partial charge on any atom is 0.191 e. The van der Waals surface area contributed by atoms with Gasteiger partial charge in [0.25, 0.3) is 0 Å². The Hall–Kier alpha value is -1.05. The molecule has 110 valence electrons. The third-order valence-electron chi connectivity index (χ3n) is 3.20. The number of hydrogen-bond donors (Lipinski definition) is 1. The summed E-state index contributed by atoms with van der Waals surface area (Å²) >= 11 is 1.62. The van der Waals surface area contributed by atoms with E-state index in [2.05, 4.69) is 21.4 Å². The molecule has 3 rings (SSSR count). The molecule has 0 saturated heterocycles. The van der Waals surface area contributed by atoms with Crippen molar-refractivity contribution in [1.29, 1.82) is 0 Å². The van der Waals surface area contributed by atoms with Crippen LogP contribution >= 0.6 is 24.2 Å². The second kappa shape index (κ2) is 6.60. The lowest BCUT2D eigenvalue weighted by Gasteiger charge is -2.01. The van der Waals surface area contributed by atoms with Crippen LogP contribution in [0.15, 0.2) is 15.7 Å². The second-order valence-electron chi connectivity index (χ2n) is 4.78. The Bertz CT molecular complexity index is 566. The molecule has 1 fully saturated rings. The molecule has 8 heteroatoms. The highest BCUT2D eigenvalue weighted by molar-refractivity contribution is 7.98. The van der Waals surface area contributed by atoms with Gasteiger partial charge in [-0.25, -0.2) is 0 Å². The Morgan fingerprint density at radius 2 is 2.25 bits per heavy atom. The smallest absolute Gasteiger partial charge is 0.191 e. The Balaban J connectivity index is 0.00000147. The highest BCUT2D eigenvalue weighted by Gasteiger charge is 2.27. The van der Waals surface area contributed by atoms with Crippen LogP contribution in [-0.4, -0.2) is 26.5 Å². The number of nitrogens with zero attached hydrogens (tertiary/aromatic N) is 4. The fraction of sp³-hybridized carbons (Fsp3) is 0.583. The molecule has 2 aromatic heterocycles. The van der Waals surface area contributed by atoms with Gasteiger partial charge in [-0.15, -0.1) is 22.6 Å². The van der Waals surface area contributed by atoms with E-state index in [1.165, 1.54) is 12.8 Å². The lowest BCUT2D eigenvalue weighted by Crippen LogP contribution is -2.08. The number of hydrogen-bond acceptors (Lipinski definition) is 6. The summed E-state index contributed by atoms with van der Waals surface area (Å²) < 4.78 is 7.31. The fourth-order valence-corrected chi connectivity index (χ4v) is 2.72. The van der Waals surface area contributed by atoms with Gasteiger partial charge in [0, 0.05) is 31.2 Å². The van der Waals surface area contributed by atoms with Gasteiger partial charge < -0.3 is 14.8 Å². The van der Waals surface area contributed by atoms with Crippen molar-refractivity contribution >= 4 is 24.2 Å². The van der Waals surface area contributed by atoms with Crippen LogP contribution in [0.1, 0.15) is 36.0 Å². The van der Waals surface area contributed by atoms with Gasteiger partial charge >= 0.3 is 0 Å². The van der Waals surface area contributed by atoms with E-state index < -0.39 is 0 Å². The zero-order valence-electron chi connectivity index (χ0n) is 11.3. The van der Waals surface area contributed by atoms with Gasteiger partial charge in [0.1, 0.15) is 11.6 Å². The topological polar surface area (TPSA) is 82.8 Å². The van der Waals surface area contributed by atoms with Crippen LogP contribution in [0.3, 0.4) is 0 Å². The van der Waals surface area contributed by atoms with Crippen LogP contribution in [0, 0.1) is 0 Å². The van der Waals surface area contributed by atoms with Gasteiger partial charge in [-0.2, -0.15) is 0 Å². The number of aromatic nitrogens is 4. The standard InChI is InChI=1S/C12H17N5OS.ClH/c1-17-11(4-5-13)14-15-12(17)19-7-9-6-10(18-16-9)8-2-3-8;/h6,8H,2-5,7,13H2,1H3;1H. The molecule has 0 atom stereocenters. The Morgan fingerprint density at radius 1 is 1.45 bits per heavy atom. The summed E-state index contributed by atoms with van der Waals surface area (Å²) in [7, 11) is 1.96. The van der Waals surface area contributed by atoms with Crippen LogP contribution in [0.2, 0.25) is 0 Å². The zero-order valence-corrected chi connectivity index (χ0v) is 12.9. The SMILES string of the molecule is Cl.Cn1c(CCN)nnc1SCc1cc(C2CC2)on1. The average molecular weight is 316 g/mol. The second-order valence-corrected chi connectivity index (χ2v) is 5.72. The third-order valence-corrected chi connectivity index (χ3v) is 4.25. The molecule has 0 aliphatic heterocycles. The van der Waals surface area contributed by atoms with Crippen LogP contribution < -0.4 is 5.73 Å². The minimum Gasteiger partial charge on any atom is -0.361 e. The van der Waals surface area contributed by atoms with Crippen molar-refractivity contribution < 1.29 is 4.52 Å². The first kappa shape index (κ1) is 15.3. The van der Waals surface area contributed by atoms with Gasteiger partial charge in [-0.1, -0.05) is 16.9 Å². The summed E-state index contributed by atoms with van der Waals surface area (Å²) in [4.78, 5) is 0. The molecule has 1 aliphatic carbocycles. The van der Waals surface area contributed by atoms with E-state index in [1.807, 2.05) is 11.6 Å². The highest BCUT2D eigenvalue weighted by atomic mass is 35.5. The van der Waals surface area contributed by atoms with E-state index in [-0.39, 0.29) is 12.4 Å². The van der Waals surface area contributed by atoms with Crippen molar-refractivity contribution in [3.63, 3.8) is 0 Å². The zero-order chi connectivity index (χ0) is 13.2. The van der Waals surface area contributed by atoms with Gasteiger partial charge in [0.2, 0.25) is 0 Å². The molecular weight excluding hydrogens is 298 g/mol. The first-order chi connectivity index (χ1) is 9.28. The molecule has 2 aromatic rings. The minimum absolute atomic E-state index is 0. The Morgan fingerprint density at radius 3 is 2.95 bits per heavy atom. The molecule has 2 heterocycles. The quantitative estimate of drug-likeness (QED) is 0.820. The summed E-state index contributed by atoms with van der Waals surface area (Å²) in [6.45, 7) is 0.588. The van der Waals surface area contributed by atoms with Crippen molar-refractivity contribution in [3.05, 3.63) is 23.3 Å². The first-order valence-corrected chi connectivity index (χ1v) is 7.43. The van der Waals surface area contributed by atoms with Crippen LogP contribution in [0.5, 0.6) is 0 Å². The van der Waals surface area contributed by atoms with E-state index >= 15 is 0 Å². The largest absolute Gasteiger partial charge is 0.361 e. The summed E-state index contributed by atoms with van der Waals surface area (Å²) in [6.07, 6.45) is 3.21. The van der Waals surface area contributed by atoms with E-state index in [0.29, 0.717) is 12.5 Å². The molecule has 0 unspecified atom stereocenters. The van der Waals surface area contributed by atoms with Gasteiger partial charge in [0.05, 0.1) is 5.69 Å². The molecule has 6 nitrogen and oxygen atoms in total. The fourth-order valence-electron chi connectivity index (χ4n) is 1.91. The van der Waals surface area contributed by atoms with E-state index in [4.69, 9.17) is 10.3 Å². The third kappa shape index (κ3) is 3.34. The summed E-state index contributed by atoms with van der Waals surface area (Å²) in [5, 5.41) is 13.3. The molecule has 1 aliphatic rings.